The van der Waals surface area contributed by atoms with Crippen LogP contribution in [-0.2, 0) is 20.4 Å². The van der Waals surface area contributed by atoms with E-state index in [1.54, 1.807) is 0 Å². The molecule has 2 aromatic carbocycles. The van der Waals surface area contributed by atoms with Crippen LogP contribution in [0.5, 0.6) is 0 Å². The molecule has 0 fully saturated rings. The van der Waals surface area contributed by atoms with Crippen molar-refractivity contribution in [3.05, 3.63) is 71.8 Å². The molecule has 0 aliphatic heterocycles. The molecule has 0 radical (unpaired) electrons. The van der Waals surface area contributed by atoms with Gasteiger partial charge < -0.3 is 0 Å². The van der Waals surface area contributed by atoms with Crippen molar-refractivity contribution in [3.8, 4) is 0 Å². The third-order valence-corrected chi connectivity index (χ3v) is 3.31. The summed E-state index contributed by atoms with van der Waals surface area (Å²) in [5.41, 5.74) is 2.75. The minimum atomic E-state index is 0. The molecule has 2 rings (SSSR count). The zero-order valence-electron chi connectivity index (χ0n) is 8.67. The van der Waals surface area contributed by atoms with Crippen LogP contribution >= 0.6 is 24.8 Å². The van der Waals surface area contributed by atoms with Gasteiger partial charge in [0.15, 0.2) is 0 Å². The Kier molecular flexibility index (Phi) is 7.79. The number of rotatable bonds is 2. The molecule has 0 saturated carbocycles. The summed E-state index contributed by atoms with van der Waals surface area (Å²) in [4.78, 5) is 0. The average molecular weight is 288 g/mol. The molecule has 16 heavy (non-hydrogen) atoms. The molecule has 0 nitrogen and oxygen atoms in total. The van der Waals surface area contributed by atoms with Gasteiger partial charge >= 0.3 is 96.4 Å². The van der Waals surface area contributed by atoms with Gasteiger partial charge in [0, 0.05) is 0 Å². The van der Waals surface area contributed by atoms with Crippen molar-refractivity contribution < 1.29 is 20.4 Å². The van der Waals surface area contributed by atoms with Crippen LogP contribution in [0.15, 0.2) is 60.7 Å². The molecule has 0 saturated heterocycles. The second-order valence-corrected chi connectivity index (χ2v) is 4.16. The molecule has 0 aromatic heterocycles. The maximum absolute atomic E-state index is 2.24. The van der Waals surface area contributed by atoms with Gasteiger partial charge in [0.05, 0.1) is 0 Å². The predicted octanol–water partition coefficient (Wildman–Crippen LogP) is 4.17. The molecule has 0 aliphatic rings. The van der Waals surface area contributed by atoms with Crippen molar-refractivity contribution >= 4 is 24.8 Å². The first-order chi connectivity index (χ1) is 6.88. The Morgan fingerprint density at radius 1 is 0.625 bits per heavy atom. The third kappa shape index (κ3) is 3.95. The van der Waals surface area contributed by atoms with Crippen LogP contribution in [0.3, 0.4) is 0 Å². The third-order valence-electron chi connectivity index (χ3n) is 2.27. The van der Waals surface area contributed by atoms with E-state index in [1.165, 1.54) is 11.1 Å². The summed E-state index contributed by atoms with van der Waals surface area (Å²) in [6.07, 6.45) is 0. The first-order valence-corrected chi connectivity index (χ1v) is 5.59. The molecule has 3 heteroatoms. The van der Waals surface area contributed by atoms with Crippen LogP contribution in [0, 0.1) is 0 Å². The first kappa shape index (κ1) is 15.7. The number of hydrogen-bond donors (Lipinski definition) is 0. The minimum absolute atomic E-state index is 0. The topological polar surface area (TPSA) is 0 Å². The summed E-state index contributed by atoms with van der Waals surface area (Å²) in [7, 11) is 0. The van der Waals surface area contributed by atoms with Crippen molar-refractivity contribution in [2.75, 3.05) is 0 Å². The Hall–Kier alpha value is -0.266. The standard InChI is InChI=1S/C13H11.2ClH.Ti/c1-3-7-12(8-4-1)11-13-9-5-2-6-10-13;;;/h1-11H;2*1H;. The van der Waals surface area contributed by atoms with Crippen molar-refractivity contribution in [3.63, 3.8) is 0 Å². The second kappa shape index (κ2) is 7.92. The van der Waals surface area contributed by atoms with Crippen molar-refractivity contribution in [2.24, 2.45) is 0 Å². The summed E-state index contributed by atoms with van der Waals surface area (Å²) < 4.78 is 0.484. The molecule has 0 atom stereocenters. The van der Waals surface area contributed by atoms with Crippen LogP contribution in [0.4, 0.5) is 0 Å². The van der Waals surface area contributed by atoms with Gasteiger partial charge in [0.2, 0.25) is 0 Å². The van der Waals surface area contributed by atoms with Gasteiger partial charge in [-0.15, -0.1) is 24.8 Å². The molecule has 2 aromatic rings. The van der Waals surface area contributed by atoms with E-state index < -0.39 is 0 Å². The van der Waals surface area contributed by atoms with Crippen LogP contribution in [0.25, 0.3) is 0 Å². The van der Waals surface area contributed by atoms with Gasteiger partial charge in [-0.3, -0.25) is 0 Å². The Bertz CT molecular complexity index is 350. The molecule has 0 amide bonds. The molecular formula is C13H13Cl2Ti. The zero-order valence-corrected chi connectivity index (χ0v) is 11.9. The fourth-order valence-electron chi connectivity index (χ4n) is 1.48. The van der Waals surface area contributed by atoms with E-state index in [1.807, 2.05) is 0 Å². The van der Waals surface area contributed by atoms with Crippen molar-refractivity contribution in [2.45, 2.75) is 4.22 Å². The Labute approximate surface area is 121 Å². The summed E-state index contributed by atoms with van der Waals surface area (Å²) in [6.45, 7) is 0. The molecule has 0 spiro atoms. The molecule has 0 heterocycles. The van der Waals surface area contributed by atoms with E-state index in [-0.39, 0.29) is 24.8 Å². The first-order valence-electron chi connectivity index (χ1n) is 4.69. The van der Waals surface area contributed by atoms with E-state index in [9.17, 15) is 0 Å². The van der Waals surface area contributed by atoms with E-state index >= 15 is 0 Å². The quantitative estimate of drug-likeness (QED) is 0.728. The molecule has 0 aliphatic carbocycles. The van der Waals surface area contributed by atoms with Crippen LogP contribution in [0.2, 0.25) is 0 Å². The molecular weight excluding hydrogens is 275 g/mol. The molecule has 0 unspecified atom stereocenters. The van der Waals surface area contributed by atoms with E-state index in [0.29, 0.717) is 4.22 Å². The van der Waals surface area contributed by atoms with E-state index in [2.05, 4.69) is 81.1 Å². The summed E-state index contributed by atoms with van der Waals surface area (Å²) >= 11 is 2.24. The number of hydrogen-bond acceptors (Lipinski definition) is 0. The number of halogens is 2. The summed E-state index contributed by atoms with van der Waals surface area (Å²) in [6, 6.07) is 21.2. The van der Waals surface area contributed by atoms with Gasteiger partial charge in [-0.25, -0.2) is 0 Å². The van der Waals surface area contributed by atoms with Gasteiger partial charge in [-0.05, 0) is 0 Å². The Morgan fingerprint density at radius 3 is 1.25 bits per heavy atom. The molecule has 0 N–H and O–H groups in total. The van der Waals surface area contributed by atoms with Crippen LogP contribution in [0.1, 0.15) is 15.3 Å². The van der Waals surface area contributed by atoms with Gasteiger partial charge in [0.1, 0.15) is 0 Å². The Balaban J connectivity index is 0.00000112. The summed E-state index contributed by atoms with van der Waals surface area (Å²) in [5, 5.41) is 0. The Morgan fingerprint density at radius 2 is 0.938 bits per heavy atom. The van der Waals surface area contributed by atoms with Gasteiger partial charge in [-0.1, -0.05) is 0 Å². The van der Waals surface area contributed by atoms with Crippen LogP contribution < -0.4 is 0 Å². The fraction of sp³-hybridized carbons (Fsp3) is 0.0769. The van der Waals surface area contributed by atoms with E-state index in [4.69, 9.17) is 0 Å². The van der Waals surface area contributed by atoms with Crippen molar-refractivity contribution in [1.82, 2.24) is 0 Å². The van der Waals surface area contributed by atoms with Crippen molar-refractivity contribution in [1.29, 1.82) is 0 Å². The SMILES string of the molecule is Cl.Cl.[Ti][CH](c1ccccc1)c1ccccc1. The normalized spacial score (nSPS) is 9.00. The predicted molar refractivity (Wildman–Crippen MR) is 69.2 cm³/mol. The average Bonchev–Trinajstić information content (AvgIpc) is 2.30. The summed E-state index contributed by atoms with van der Waals surface area (Å²) in [5.74, 6) is 0. The molecule has 0 bridgehead atoms. The second-order valence-electron chi connectivity index (χ2n) is 3.25. The van der Waals surface area contributed by atoms with E-state index in [0.717, 1.165) is 0 Å². The maximum atomic E-state index is 2.24. The fourth-order valence-corrected chi connectivity index (χ4v) is 2.08. The number of benzene rings is 2. The zero-order chi connectivity index (χ0) is 9.80. The van der Waals surface area contributed by atoms with Crippen LogP contribution in [-0.4, -0.2) is 0 Å². The molecule has 83 valence electrons. The van der Waals surface area contributed by atoms with Gasteiger partial charge in [-0.2, -0.15) is 0 Å². The van der Waals surface area contributed by atoms with Gasteiger partial charge in [0.25, 0.3) is 0 Å². The monoisotopic (exact) mass is 287 g/mol.